The summed E-state index contributed by atoms with van der Waals surface area (Å²) < 4.78 is 37.2. The third kappa shape index (κ3) is 5.92. The zero-order chi connectivity index (χ0) is 30.1. The molecule has 4 aromatic rings. The molecular formula is C30H40FN7O4. The third-order valence-corrected chi connectivity index (χ3v) is 7.20. The molecule has 0 aliphatic carbocycles. The number of nitrogens with zero attached hydrogens (tertiary/aromatic N) is 6. The topological polar surface area (TPSA) is 115 Å². The highest BCUT2D eigenvalue weighted by atomic mass is 19.1. The summed E-state index contributed by atoms with van der Waals surface area (Å²) in [4.78, 5) is 2.25. The van der Waals surface area contributed by atoms with Gasteiger partial charge in [-0.15, -0.1) is 5.10 Å². The van der Waals surface area contributed by atoms with Crippen LogP contribution in [0.3, 0.4) is 0 Å². The van der Waals surface area contributed by atoms with E-state index < -0.39 is 11.9 Å². The third-order valence-electron chi connectivity index (χ3n) is 7.20. The van der Waals surface area contributed by atoms with E-state index >= 15 is 4.39 Å². The first-order valence-electron chi connectivity index (χ1n) is 14.3. The Labute approximate surface area is 244 Å². The molecule has 0 radical (unpaired) electrons. The average Bonchev–Trinajstić information content (AvgIpc) is 3.54. The number of hydrogen-bond acceptors (Lipinski definition) is 8. The Hall–Kier alpha value is -3.74. The van der Waals surface area contributed by atoms with Crippen LogP contribution in [0.25, 0.3) is 34.2 Å². The number of methoxy groups -OCH3 is 1. The molecule has 4 heterocycles. The van der Waals surface area contributed by atoms with E-state index in [4.69, 9.17) is 19.3 Å². The molecule has 226 valence electrons. The molecule has 1 aromatic carbocycles. The van der Waals surface area contributed by atoms with E-state index in [-0.39, 0.29) is 18.8 Å². The normalized spacial score (nSPS) is 17.5. The molecule has 0 spiro atoms. The summed E-state index contributed by atoms with van der Waals surface area (Å²) in [5, 5.41) is 27.9. The number of hydrogen-bond donors (Lipinski definition) is 2. The van der Waals surface area contributed by atoms with Gasteiger partial charge in [-0.2, -0.15) is 10.2 Å². The second-order valence-corrected chi connectivity index (χ2v) is 11.1. The Kier molecular flexibility index (Phi) is 8.67. The van der Waals surface area contributed by atoms with E-state index in [0.717, 1.165) is 23.2 Å². The average molecular weight is 582 g/mol. The van der Waals surface area contributed by atoms with Crippen molar-refractivity contribution in [1.82, 2.24) is 34.7 Å². The van der Waals surface area contributed by atoms with E-state index in [0.29, 0.717) is 59.4 Å². The number of aryl methyl sites for hydroxylation is 1. The number of ether oxygens (including phenoxy) is 3. The number of aliphatic hydroxyl groups excluding tert-OH is 1. The number of nitrogens with one attached hydrogen (secondary N) is 1. The first-order valence-corrected chi connectivity index (χ1v) is 14.3. The van der Waals surface area contributed by atoms with Crippen molar-refractivity contribution in [3.05, 3.63) is 40.6 Å². The minimum atomic E-state index is -0.605. The molecule has 1 aliphatic rings. The van der Waals surface area contributed by atoms with Crippen LogP contribution in [0, 0.1) is 5.82 Å². The Morgan fingerprint density at radius 1 is 1.21 bits per heavy atom. The van der Waals surface area contributed by atoms with Crippen molar-refractivity contribution in [2.24, 2.45) is 7.05 Å². The number of aliphatic hydroxyl groups is 1. The van der Waals surface area contributed by atoms with E-state index in [1.54, 1.807) is 31.8 Å². The van der Waals surface area contributed by atoms with Crippen molar-refractivity contribution >= 4 is 23.1 Å². The summed E-state index contributed by atoms with van der Waals surface area (Å²) in [7, 11) is 3.37. The van der Waals surface area contributed by atoms with Gasteiger partial charge in [-0.25, -0.2) is 9.07 Å². The SMILES string of the molecule is CCN1Cc2c(c(OC(C)C)nn2C[C@H](C)O)/C=C/c2n[nH]c3cc(F)c(cc23)-c2c(COC)nn(C)c2O[C@@H](C)C1. The van der Waals surface area contributed by atoms with Gasteiger partial charge in [-0.1, -0.05) is 6.92 Å². The van der Waals surface area contributed by atoms with Crippen molar-refractivity contribution in [1.29, 1.82) is 0 Å². The van der Waals surface area contributed by atoms with Crippen molar-refractivity contribution < 1.29 is 23.7 Å². The van der Waals surface area contributed by atoms with Gasteiger partial charge in [0.05, 0.1) is 53.4 Å². The first kappa shape index (κ1) is 29.7. The number of H-pyrrole nitrogens is 1. The van der Waals surface area contributed by atoms with Gasteiger partial charge < -0.3 is 19.3 Å². The smallest absolute Gasteiger partial charge is 0.240 e. The lowest BCUT2D eigenvalue weighted by molar-refractivity contribution is 0.131. The summed E-state index contributed by atoms with van der Waals surface area (Å²) in [6.45, 7) is 12.1. The van der Waals surface area contributed by atoms with Gasteiger partial charge in [0, 0.05) is 44.3 Å². The monoisotopic (exact) mass is 581 g/mol. The molecule has 0 fully saturated rings. The van der Waals surface area contributed by atoms with Crippen LogP contribution in [-0.4, -0.2) is 78.3 Å². The molecule has 0 saturated heterocycles. The highest BCUT2D eigenvalue weighted by molar-refractivity contribution is 5.93. The molecule has 0 saturated carbocycles. The summed E-state index contributed by atoms with van der Waals surface area (Å²) in [6.07, 6.45) is 2.85. The molecule has 12 heteroatoms. The van der Waals surface area contributed by atoms with Gasteiger partial charge in [0.15, 0.2) is 0 Å². The summed E-state index contributed by atoms with van der Waals surface area (Å²) in [5.74, 6) is 0.529. The van der Waals surface area contributed by atoms with Crippen LogP contribution >= 0.6 is 0 Å². The molecular weight excluding hydrogens is 541 g/mol. The summed E-state index contributed by atoms with van der Waals surface area (Å²) in [5.41, 5.74) is 4.40. The Bertz CT molecular complexity index is 1590. The van der Waals surface area contributed by atoms with Gasteiger partial charge in [-0.3, -0.25) is 14.7 Å². The van der Waals surface area contributed by atoms with Crippen LogP contribution in [0.4, 0.5) is 4.39 Å². The zero-order valence-corrected chi connectivity index (χ0v) is 25.3. The second kappa shape index (κ2) is 12.2. The molecule has 2 N–H and O–H groups in total. The number of benzene rings is 1. The number of fused-ring (bicyclic) bond motifs is 4. The fourth-order valence-electron chi connectivity index (χ4n) is 5.39. The van der Waals surface area contributed by atoms with E-state index in [1.807, 2.05) is 37.6 Å². The summed E-state index contributed by atoms with van der Waals surface area (Å²) >= 11 is 0. The van der Waals surface area contributed by atoms with Gasteiger partial charge in [-0.05, 0) is 52.5 Å². The van der Waals surface area contributed by atoms with Crippen molar-refractivity contribution in [3.63, 3.8) is 0 Å². The van der Waals surface area contributed by atoms with Crippen LogP contribution < -0.4 is 9.47 Å². The number of halogens is 1. The molecule has 2 bridgehead atoms. The van der Waals surface area contributed by atoms with Gasteiger partial charge in [0.25, 0.3) is 0 Å². The molecule has 11 nitrogen and oxygen atoms in total. The van der Waals surface area contributed by atoms with Gasteiger partial charge in [0.2, 0.25) is 11.8 Å². The molecule has 0 amide bonds. The highest BCUT2D eigenvalue weighted by Gasteiger charge is 2.27. The van der Waals surface area contributed by atoms with Crippen LogP contribution in [-0.2, 0) is 31.5 Å². The molecule has 3 aromatic heterocycles. The quantitative estimate of drug-likeness (QED) is 0.330. The van der Waals surface area contributed by atoms with Gasteiger partial charge >= 0.3 is 0 Å². The fraction of sp³-hybridized carbons (Fsp3) is 0.500. The largest absolute Gasteiger partial charge is 0.473 e. The van der Waals surface area contributed by atoms with Crippen molar-refractivity contribution in [2.75, 3.05) is 20.2 Å². The molecule has 2 atom stereocenters. The number of aromatic nitrogens is 6. The molecule has 5 rings (SSSR count). The minimum Gasteiger partial charge on any atom is -0.473 e. The maximum Gasteiger partial charge on any atom is 0.240 e. The molecule has 42 heavy (non-hydrogen) atoms. The lowest BCUT2D eigenvalue weighted by Gasteiger charge is -2.26. The van der Waals surface area contributed by atoms with Crippen LogP contribution in [0.15, 0.2) is 12.1 Å². The van der Waals surface area contributed by atoms with E-state index in [2.05, 4.69) is 27.1 Å². The van der Waals surface area contributed by atoms with Crippen molar-refractivity contribution in [3.8, 4) is 22.9 Å². The Morgan fingerprint density at radius 2 is 2.00 bits per heavy atom. The van der Waals surface area contributed by atoms with Crippen LogP contribution in [0.1, 0.15) is 57.3 Å². The minimum absolute atomic E-state index is 0.102. The predicted molar refractivity (Wildman–Crippen MR) is 159 cm³/mol. The maximum atomic E-state index is 15.7. The Balaban J connectivity index is 1.75. The van der Waals surface area contributed by atoms with Crippen molar-refractivity contribution in [2.45, 2.75) is 72.6 Å². The number of aromatic amines is 1. The zero-order valence-electron chi connectivity index (χ0n) is 25.3. The first-order chi connectivity index (χ1) is 20.1. The Morgan fingerprint density at radius 3 is 2.69 bits per heavy atom. The lowest BCUT2D eigenvalue weighted by atomic mass is 10.0. The standard InChI is InChI=1S/C30H40FN7O4/c1-8-37-14-19(5)42-30-28(26(16-40-7)34-36(30)6)21-11-22-24(32-33-25(22)12-23(21)31)10-9-20-27(15-37)38(13-18(4)39)35-29(20)41-17(2)3/h9-12,17-19,39H,8,13-16H2,1-7H3,(H,32,33)/b10-9+/t18-,19-/m0/s1. The summed E-state index contributed by atoms with van der Waals surface area (Å²) in [6, 6.07) is 3.23. The predicted octanol–water partition coefficient (Wildman–Crippen LogP) is 4.39. The number of likely N-dealkylation sites (N-methyl/N-ethyl adjacent to an activating group) is 1. The van der Waals surface area contributed by atoms with E-state index in [1.165, 1.54) is 6.07 Å². The van der Waals surface area contributed by atoms with Crippen LogP contribution in [0.5, 0.6) is 11.8 Å². The van der Waals surface area contributed by atoms with Gasteiger partial charge in [0.1, 0.15) is 17.6 Å². The number of rotatable bonds is 7. The maximum absolute atomic E-state index is 15.7. The van der Waals surface area contributed by atoms with Crippen LogP contribution in [0.2, 0.25) is 0 Å². The molecule has 1 aliphatic heterocycles. The lowest BCUT2D eigenvalue weighted by Crippen LogP contribution is -2.35. The van der Waals surface area contributed by atoms with E-state index in [9.17, 15) is 5.11 Å². The molecule has 0 unspecified atom stereocenters. The highest BCUT2D eigenvalue weighted by Crippen LogP contribution is 2.39. The second-order valence-electron chi connectivity index (χ2n) is 11.1. The fourth-order valence-corrected chi connectivity index (χ4v) is 5.39.